The minimum absolute atomic E-state index is 0.128. The first-order chi connectivity index (χ1) is 16.0. The molecule has 33 heavy (non-hydrogen) atoms. The summed E-state index contributed by atoms with van der Waals surface area (Å²) in [6, 6.07) is 17.1. The van der Waals surface area contributed by atoms with Crippen LogP contribution in [-0.2, 0) is 22.6 Å². The van der Waals surface area contributed by atoms with Crippen molar-refractivity contribution in [2.45, 2.75) is 57.7 Å². The molecule has 3 aromatic rings. The summed E-state index contributed by atoms with van der Waals surface area (Å²) < 4.78 is 13.5. The Labute approximate surface area is 198 Å². The molecular formula is C27H29FN2O2S. The first-order valence-corrected chi connectivity index (χ1v) is 12.3. The third kappa shape index (κ3) is 5.88. The van der Waals surface area contributed by atoms with Gasteiger partial charge in [0.2, 0.25) is 11.8 Å². The van der Waals surface area contributed by atoms with Gasteiger partial charge in [0.25, 0.3) is 0 Å². The number of carbonyl (C=O) groups is 2. The van der Waals surface area contributed by atoms with Crippen molar-refractivity contribution in [1.82, 2.24) is 10.2 Å². The second-order valence-electron chi connectivity index (χ2n) is 8.65. The molecule has 0 saturated heterocycles. The summed E-state index contributed by atoms with van der Waals surface area (Å²) in [5.41, 5.74) is 2.55. The maximum atomic E-state index is 13.7. The van der Waals surface area contributed by atoms with Gasteiger partial charge in [-0.3, -0.25) is 9.59 Å². The van der Waals surface area contributed by atoms with Crippen molar-refractivity contribution in [3.05, 3.63) is 93.4 Å². The van der Waals surface area contributed by atoms with Gasteiger partial charge in [0.1, 0.15) is 11.9 Å². The van der Waals surface area contributed by atoms with Crippen LogP contribution in [0, 0.1) is 12.7 Å². The molecule has 0 spiro atoms. The summed E-state index contributed by atoms with van der Waals surface area (Å²) >= 11 is 1.52. The molecule has 2 amide bonds. The van der Waals surface area contributed by atoms with Gasteiger partial charge >= 0.3 is 0 Å². The summed E-state index contributed by atoms with van der Waals surface area (Å²) in [5, 5.41) is 5.15. The molecule has 0 radical (unpaired) electrons. The van der Waals surface area contributed by atoms with Gasteiger partial charge in [-0.15, -0.1) is 11.3 Å². The lowest BCUT2D eigenvalue weighted by Crippen LogP contribution is -2.46. The second-order valence-corrected chi connectivity index (χ2v) is 9.69. The number of nitrogens with one attached hydrogen (secondary N) is 1. The zero-order valence-electron chi connectivity index (χ0n) is 18.8. The van der Waals surface area contributed by atoms with Crippen LogP contribution < -0.4 is 5.32 Å². The molecule has 4 nitrogen and oxygen atoms in total. The van der Waals surface area contributed by atoms with Crippen LogP contribution in [0.1, 0.15) is 53.3 Å². The van der Waals surface area contributed by atoms with Crippen molar-refractivity contribution in [2.75, 3.05) is 0 Å². The van der Waals surface area contributed by atoms with Gasteiger partial charge in [-0.25, -0.2) is 4.39 Å². The second kappa shape index (κ2) is 10.8. The molecule has 1 N–H and O–H groups in total. The topological polar surface area (TPSA) is 49.4 Å². The summed E-state index contributed by atoms with van der Waals surface area (Å²) in [5.74, 6) is -0.612. The number of halogens is 1. The first-order valence-electron chi connectivity index (χ1n) is 11.4. The third-order valence-electron chi connectivity index (χ3n) is 6.24. The zero-order chi connectivity index (χ0) is 23.2. The number of hydrogen-bond acceptors (Lipinski definition) is 3. The Kier molecular flexibility index (Phi) is 7.55. The van der Waals surface area contributed by atoms with Crippen LogP contribution in [0.4, 0.5) is 4.39 Å². The van der Waals surface area contributed by atoms with Crippen LogP contribution in [0.5, 0.6) is 0 Å². The first kappa shape index (κ1) is 23.2. The third-order valence-corrected chi connectivity index (χ3v) is 7.11. The van der Waals surface area contributed by atoms with Crippen molar-refractivity contribution in [1.29, 1.82) is 0 Å². The highest BCUT2D eigenvalue weighted by molar-refractivity contribution is 7.10. The smallest absolute Gasteiger partial charge is 0.247 e. The Morgan fingerprint density at radius 2 is 1.79 bits per heavy atom. The van der Waals surface area contributed by atoms with Gasteiger partial charge in [0.15, 0.2) is 0 Å². The molecule has 0 aliphatic heterocycles. The molecule has 1 atom stereocenters. The Morgan fingerprint density at radius 3 is 2.45 bits per heavy atom. The van der Waals surface area contributed by atoms with Gasteiger partial charge in [0, 0.05) is 17.5 Å². The van der Waals surface area contributed by atoms with Crippen LogP contribution >= 0.6 is 11.3 Å². The molecule has 0 unspecified atom stereocenters. The minimum atomic E-state index is -0.760. The van der Waals surface area contributed by atoms with E-state index >= 15 is 0 Å². The Hall–Kier alpha value is -2.99. The van der Waals surface area contributed by atoms with Gasteiger partial charge in [0.05, 0.1) is 6.42 Å². The van der Waals surface area contributed by atoms with E-state index in [9.17, 15) is 14.0 Å². The highest BCUT2D eigenvalue weighted by Gasteiger charge is 2.34. The van der Waals surface area contributed by atoms with Crippen LogP contribution in [0.3, 0.4) is 0 Å². The molecule has 1 aliphatic rings. The molecule has 2 aromatic carbocycles. The molecule has 1 aromatic heterocycles. The van der Waals surface area contributed by atoms with Crippen LogP contribution in [0.25, 0.3) is 0 Å². The molecule has 1 saturated carbocycles. The van der Waals surface area contributed by atoms with Crippen LogP contribution in [0.2, 0.25) is 0 Å². The van der Waals surface area contributed by atoms with Crippen LogP contribution in [0.15, 0.2) is 66.0 Å². The maximum Gasteiger partial charge on any atom is 0.247 e. The fourth-order valence-electron chi connectivity index (χ4n) is 4.47. The van der Waals surface area contributed by atoms with E-state index in [1.807, 2.05) is 48.7 Å². The molecule has 4 rings (SSSR count). The number of thiophene rings is 1. The highest BCUT2D eigenvalue weighted by atomic mass is 32.1. The van der Waals surface area contributed by atoms with E-state index in [1.165, 1.54) is 23.5 Å². The lowest BCUT2D eigenvalue weighted by Gasteiger charge is -2.33. The zero-order valence-corrected chi connectivity index (χ0v) is 19.6. The van der Waals surface area contributed by atoms with Gasteiger partial charge in [-0.05, 0) is 60.0 Å². The molecule has 1 heterocycles. The molecule has 0 bridgehead atoms. The number of benzene rings is 2. The van der Waals surface area contributed by atoms with E-state index in [4.69, 9.17) is 0 Å². The molecule has 1 aliphatic carbocycles. The maximum absolute atomic E-state index is 13.7. The largest absolute Gasteiger partial charge is 0.351 e. The predicted octanol–water partition coefficient (Wildman–Crippen LogP) is 5.57. The van der Waals surface area contributed by atoms with E-state index in [1.54, 1.807) is 17.0 Å². The van der Waals surface area contributed by atoms with Crippen LogP contribution in [-0.4, -0.2) is 22.8 Å². The van der Waals surface area contributed by atoms with E-state index in [0.717, 1.165) is 47.3 Å². The number of nitrogens with zero attached hydrogens (tertiary/aromatic N) is 1. The molecular weight excluding hydrogens is 435 g/mol. The summed E-state index contributed by atoms with van der Waals surface area (Å²) in [7, 11) is 0. The number of hydrogen-bond donors (Lipinski definition) is 1. The Balaban J connectivity index is 1.71. The van der Waals surface area contributed by atoms with Crippen molar-refractivity contribution < 1.29 is 14.0 Å². The number of aryl methyl sites for hydroxylation is 1. The number of carbonyl (C=O) groups excluding carboxylic acids is 2. The standard InChI is InChI=1S/C27H29FN2O2S/c1-19-7-2-5-11-24(19)26(27(32)29-22-8-3-4-9-22)30(18-20-12-14-21(28)15-13-20)25(31)17-23-10-6-16-33-23/h2,5-7,10-16,22,26H,3-4,8-9,17-18H2,1H3,(H,29,32)/t26-/m0/s1. The van der Waals surface area contributed by atoms with E-state index in [0.29, 0.717) is 0 Å². The summed E-state index contributed by atoms with van der Waals surface area (Å²) in [4.78, 5) is 29.9. The number of rotatable bonds is 8. The van der Waals surface area contributed by atoms with E-state index in [-0.39, 0.29) is 36.6 Å². The van der Waals surface area contributed by atoms with Gasteiger partial charge in [-0.1, -0.05) is 55.3 Å². The molecule has 6 heteroatoms. The highest BCUT2D eigenvalue weighted by Crippen LogP contribution is 2.29. The molecule has 172 valence electrons. The number of amides is 2. The predicted molar refractivity (Wildman–Crippen MR) is 129 cm³/mol. The fraction of sp³-hybridized carbons (Fsp3) is 0.333. The average Bonchev–Trinajstić information content (AvgIpc) is 3.50. The van der Waals surface area contributed by atoms with Gasteiger partial charge < -0.3 is 10.2 Å². The normalized spacial score (nSPS) is 14.7. The lowest BCUT2D eigenvalue weighted by atomic mass is 9.97. The van der Waals surface area contributed by atoms with E-state index < -0.39 is 6.04 Å². The monoisotopic (exact) mass is 464 g/mol. The summed E-state index contributed by atoms with van der Waals surface area (Å²) in [6.07, 6.45) is 4.37. The lowest BCUT2D eigenvalue weighted by molar-refractivity contribution is -0.141. The fourth-order valence-corrected chi connectivity index (χ4v) is 5.16. The van der Waals surface area contributed by atoms with Gasteiger partial charge in [-0.2, -0.15) is 0 Å². The van der Waals surface area contributed by atoms with Crippen molar-refractivity contribution >= 4 is 23.2 Å². The minimum Gasteiger partial charge on any atom is -0.351 e. The summed E-state index contributed by atoms with van der Waals surface area (Å²) in [6.45, 7) is 2.19. The van der Waals surface area contributed by atoms with Crippen molar-refractivity contribution in [3.8, 4) is 0 Å². The van der Waals surface area contributed by atoms with Crippen molar-refractivity contribution in [3.63, 3.8) is 0 Å². The molecule has 1 fully saturated rings. The Bertz CT molecular complexity index is 1080. The average molecular weight is 465 g/mol. The SMILES string of the molecule is Cc1ccccc1[C@@H](C(=O)NC1CCCC1)N(Cc1ccc(F)cc1)C(=O)Cc1cccs1. The van der Waals surface area contributed by atoms with E-state index in [2.05, 4.69) is 5.32 Å². The quantitative estimate of drug-likeness (QED) is 0.474. The van der Waals surface area contributed by atoms with Crippen molar-refractivity contribution in [2.24, 2.45) is 0 Å². The Morgan fingerprint density at radius 1 is 1.06 bits per heavy atom.